The molecule has 2 aromatic carbocycles. The number of nitrogens with one attached hydrogen (secondary N) is 1. The number of carbonyl (C=O) groups is 1. The van der Waals surface area contributed by atoms with Gasteiger partial charge in [-0.05, 0) is 67.6 Å². The average Bonchev–Trinajstić information content (AvgIpc) is 2.99. The van der Waals surface area contributed by atoms with E-state index in [2.05, 4.69) is 41.2 Å². The molecule has 2 aromatic rings. The Balaban J connectivity index is 1.76. The molecule has 4 nitrogen and oxygen atoms in total. The van der Waals surface area contributed by atoms with E-state index in [0.717, 1.165) is 18.7 Å². The highest BCUT2D eigenvalue weighted by molar-refractivity contribution is 8.18. The summed E-state index contributed by atoms with van der Waals surface area (Å²) in [5.41, 5.74) is 2.78. The van der Waals surface area contributed by atoms with Gasteiger partial charge in [-0.2, -0.15) is 0 Å². The molecule has 1 N–H and O–H groups in total. The number of hydrogen-bond donors (Lipinski definition) is 1. The monoisotopic (exact) mass is 419 g/mol. The Bertz CT molecular complexity index is 906. The standard InChI is InChI=1S/C20H19Cl2N3OS/c1-3-25(4-2)15-8-5-13(6-9-15)11-18-19(26)24-20(27-18)23-14-7-10-16(21)17(22)12-14/h5-12H,3-4H2,1-2H3,(H,23,24,26)/b18-11+. The lowest BCUT2D eigenvalue weighted by Gasteiger charge is -2.20. The molecule has 0 atom stereocenters. The Morgan fingerprint density at radius 2 is 1.78 bits per heavy atom. The summed E-state index contributed by atoms with van der Waals surface area (Å²) in [6.45, 7) is 6.19. The lowest BCUT2D eigenvalue weighted by atomic mass is 10.2. The van der Waals surface area contributed by atoms with Crippen molar-refractivity contribution in [2.45, 2.75) is 13.8 Å². The molecule has 7 heteroatoms. The zero-order chi connectivity index (χ0) is 19.4. The van der Waals surface area contributed by atoms with Crippen LogP contribution in [0.3, 0.4) is 0 Å². The van der Waals surface area contributed by atoms with Crippen LogP contribution in [-0.2, 0) is 4.79 Å². The number of thioether (sulfide) groups is 1. The average molecular weight is 420 g/mol. The summed E-state index contributed by atoms with van der Waals surface area (Å²) < 4.78 is 0. The van der Waals surface area contributed by atoms with E-state index in [0.29, 0.717) is 25.8 Å². The van der Waals surface area contributed by atoms with Gasteiger partial charge in [0.1, 0.15) is 0 Å². The second-order valence-corrected chi connectivity index (χ2v) is 7.69. The first-order chi connectivity index (χ1) is 13.0. The first-order valence-corrected chi connectivity index (χ1v) is 10.2. The summed E-state index contributed by atoms with van der Waals surface area (Å²) >= 11 is 13.2. The summed E-state index contributed by atoms with van der Waals surface area (Å²) in [7, 11) is 0. The Morgan fingerprint density at radius 3 is 2.41 bits per heavy atom. The maximum atomic E-state index is 12.2. The molecule has 1 amide bonds. The SMILES string of the molecule is CCN(CC)c1ccc(/C=C2/SC(=Nc3ccc(Cl)c(Cl)c3)NC2=O)cc1. The molecule has 1 aliphatic heterocycles. The van der Waals surface area contributed by atoms with Crippen molar-refractivity contribution in [2.75, 3.05) is 18.0 Å². The highest BCUT2D eigenvalue weighted by atomic mass is 35.5. The molecule has 0 spiro atoms. The summed E-state index contributed by atoms with van der Waals surface area (Å²) in [5, 5.41) is 4.19. The van der Waals surface area contributed by atoms with Gasteiger partial charge in [-0.15, -0.1) is 0 Å². The molecule has 0 saturated carbocycles. The minimum absolute atomic E-state index is 0.161. The van der Waals surface area contributed by atoms with Crippen molar-refractivity contribution in [2.24, 2.45) is 4.99 Å². The zero-order valence-electron chi connectivity index (χ0n) is 15.0. The molecule has 0 unspecified atom stereocenters. The van der Waals surface area contributed by atoms with Crippen LogP contribution in [-0.4, -0.2) is 24.2 Å². The Hall–Kier alpha value is -1.95. The van der Waals surface area contributed by atoms with Gasteiger partial charge >= 0.3 is 0 Å². The minimum atomic E-state index is -0.161. The normalized spacial score (nSPS) is 16.8. The molecule has 1 aliphatic rings. The van der Waals surface area contributed by atoms with Crippen molar-refractivity contribution < 1.29 is 4.79 Å². The van der Waals surface area contributed by atoms with Gasteiger partial charge in [0, 0.05) is 18.8 Å². The van der Waals surface area contributed by atoms with E-state index in [4.69, 9.17) is 23.2 Å². The van der Waals surface area contributed by atoms with Crippen molar-refractivity contribution in [3.05, 3.63) is 63.0 Å². The fourth-order valence-corrected chi connectivity index (χ4v) is 3.81. The molecule has 0 aliphatic carbocycles. The molecule has 140 valence electrons. The number of hydrogen-bond acceptors (Lipinski definition) is 4. The van der Waals surface area contributed by atoms with Gasteiger partial charge in [-0.3, -0.25) is 4.79 Å². The van der Waals surface area contributed by atoms with Gasteiger partial charge in [-0.25, -0.2) is 4.99 Å². The smallest absolute Gasteiger partial charge is 0.264 e. The third-order valence-corrected chi connectivity index (χ3v) is 5.75. The van der Waals surface area contributed by atoms with Crippen molar-refractivity contribution in [1.82, 2.24) is 5.32 Å². The van der Waals surface area contributed by atoms with Crippen LogP contribution in [0.15, 0.2) is 52.4 Å². The number of aliphatic imine (C=N–C) groups is 1. The summed E-state index contributed by atoms with van der Waals surface area (Å²) in [6.07, 6.45) is 1.86. The number of amidine groups is 1. The largest absolute Gasteiger partial charge is 0.372 e. The molecule has 27 heavy (non-hydrogen) atoms. The fraction of sp³-hybridized carbons (Fsp3) is 0.200. The van der Waals surface area contributed by atoms with Crippen molar-refractivity contribution >= 4 is 63.5 Å². The van der Waals surface area contributed by atoms with Crippen LogP contribution < -0.4 is 10.2 Å². The lowest BCUT2D eigenvalue weighted by molar-refractivity contribution is -0.115. The topological polar surface area (TPSA) is 44.7 Å². The van der Waals surface area contributed by atoms with E-state index >= 15 is 0 Å². The third kappa shape index (κ3) is 4.86. The third-order valence-electron chi connectivity index (χ3n) is 4.10. The maximum absolute atomic E-state index is 12.2. The second-order valence-electron chi connectivity index (χ2n) is 5.84. The first-order valence-electron chi connectivity index (χ1n) is 8.59. The summed E-state index contributed by atoms with van der Waals surface area (Å²) in [5.74, 6) is -0.161. The van der Waals surface area contributed by atoms with Crippen LogP contribution in [0.1, 0.15) is 19.4 Å². The molecule has 1 fully saturated rings. The quantitative estimate of drug-likeness (QED) is 0.629. The second kappa shape index (κ2) is 8.83. The van der Waals surface area contributed by atoms with Gasteiger partial charge in [-0.1, -0.05) is 35.3 Å². The Morgan fingerprint density at radius 1 is 1.07 bits per heavy atom. The molecule has 0 bridgehead atoms. The van der Waals surface area contributed by atoms with Crippen molar-refractivity contribution in [1.29, 1.82) is 0 Å². The maximum Gasteiger partial charge on any atom is 0.264 e. The van der Waals surface area contributed by atoms with Crippen LogP contribution >= 0.6 is 35.0 Å². The van der Waals surface area contributed by atoms with Crippen LogP contribution in [0.25, 0.3) is 6.08 Å². The summed E-state index contributed by atoms with van der Waals surface area (Å²) in [4.78, 5) is 19.5. The van der Waals surface area contributed by atoms with Crippen LogP contribution in [0.2, 0.25) is 10.0 Å². The van der Waals surface area contributed by atoms with Gasteiger partial charge in [0.2, 0.25) is 0 Å². The van der Waals surface area contributed by atoms with Gasteiger partial charge in [0.15, 0.2) is 5.17 Å². The number of benzene rings is 2. The molecule has 3 rings (SSSR count). The van der Waals surface area contributed by atoms with Crippen LogP contribution in [0.5, 0.6) is 0 Å². The predicted molar refractivity (Wildman–Crippen MR) is 117 cm³/mol. The lowest BCUT2D eigenvalue weighted by Crippen LogP contribution is -2.21. The number of carbonyl (C=O) groups excluding carboxylic acids is 1. The number of anilines is 1. The molecule has 0 radical (unpaired) electrons. The number of rotatable bonds is 5. The van der Waals surface area contributed by atoms with Crippen LogP contribution in [0, 0.1) is 0 Å². The first kappa shape index (κ1) is 19.8. The number of nitrogens with zero attached hydrogens (tertiary/aromatic N) is 2. The Labute approximate surface area is 173 Å². The van der Waals surface area contributed by atoms with Gasteiger partial charge in [0.05, 0.1) is 20.6 Å². The van der Waals surface area contributed by atoms with E-state index in [1.54, 1.807) is 18.2 Å². The zero-order valence-corrected chi connectivity index (χ0v) is 17.3. The van der Waals surface area contributed by atoms with E-state index in [-0.39, 0.29) is 5.91 Å². The van der Waals surface area contributed by atoms with E-state index < -0.39 is 0 Å². The highest BCUT2D eigenvalue weighted by Gasteiger charge is 2.23. The van der Waals surface area contributed by atoms with Crippen molar-refractivity contribution in [3.63, 3.8) is 0 Å². The fourth-order valence-electron chi connectivity index (χ4n) is 2.67. The van der Waals surface area contributed by atoms with E-state index in [9.17, 15) is 4.79 Å². The Kier molecular flexibility index (Phi) is 6.47. The molecular weight excluding hydrogens is 401 g/mol. The molecule has 1 heterocycles. The van der Waals surface area contributed by atoms with E-state index in [1.807, 2.05) is 18.2 Å². The van der Waals surface area contributed by atoms with Gasteiger partial charge in [0.25, 0.3) is 5.91 Å². The number of amides is 1. The van der Waals surface area contributed by atoms with Crippen LogP contribution in [0.4, 0.5) is 11.4 Å². The number of halogens is 2. The van der Waals surface area contributed by atoms with Crippen molar-refractivity contribution in [3.8, 4) is 0 Å². The molecule has 1 saturated heterocycles. The van der Waals surface area contributed by atoms with E-state index in [1.165, 1.54) is 17.4 Å². The predicted octanol–water partition coefficient (Wildman–Crippen LogP) is 5.73. The highest BCUT2D eigenvalue weighted by Crippen LogP contribution is 2.31. The van der Waals surface area contributed by atoms with Gasteiger partial charge < -0.3 is 10.2 Å². The minimum Gasteiger partial charge on any atom is -0.372 e. The molecular formula is C20H19Cl2N3OS. The summed E-state index contributed by atoms with van der Waals surface area (Å²) in [6, 6.07) is 13.3. The molecule has 0 aromatic heterocycles.